The van der Waals surface area contributed by atoms with E-state index in [4.69, 9.17) is 24.0 Å². The van der Waals surface area contributed by atoms with E-state index < -0.39 is 18.3 Å². The second kappa shape index (κ2) is 6.22. The number of aldehydes is 1. The Labute approximate surface area is 131 Å². The Morgan fingerprint density at radius 3 is 2.45 bits per heavy atom. The van der Waals surface area contributed by atoms with Crippen molar-refractivity contribution in [2.24, 2.45) is 0 Å². The summed E-state index contributed by atoms with van der Waals surface area (Å²) in [5.41, 5.74) is -0.0668. The molecule has 0 radical (unpaired) electrons. The van der Waals surface area contributed by atoms with Crippen molar-refractivity contribution in [1.29, 1.82) is 5.31 Å². The van der Waals surface area contributed by atoms with E-state index in [-0.39, 0.29) is 6.79 Å². The summed E-state index contributed by atoms with van der Waals surface area (Å²) in [4.78, 5) is 11.4. The minimum atomic E-state index is -0.707. The molecule has 0 aromatic heterocycles. The molecule has 0 spiro atoms. The summed E-state index contributed by atoms with van der Waals surface area (Å²) in [5.74, 6) is 0.435. The van der Waals surface area contributed by atoms with E-state index in [9.17, 15) is 4.79 Å². The first-order valence-electron chi connectivity index (χ1n) is 6.99. The average molecular weight is 303 g/mol. The first-order valence-corrected chi connectivity index (χ1v) is 6.99. The summed E-state index contributed by atoms with van der Waals surface area (Å²) in [6, 6.07) is 5.09. The third-order valence-corrected chi connectivity index (χ3v) is 4.08. The quantitative estimate of drug-likeness (QED) is 0.373. The standard InChI is InChI=1S/C14H19B2NO5/c1-13(2)14(3,4)22-16(21-13)12-10(8-18)6-5-7-11(12)19-9-20-15-17/h5-8,17H,9H2,1-4H3. The van der Waals surface area contributed by atoms with Gasteiger partial charge < -0.3 is 0 Å². The van der Waals surface area contributed by atoms with Gasteiger partial charge in [-0.2, -0.15) is 0 Å². The summed E-state index contributed by atoms with van der Waals surface area (Å²) in [6.07, 6.45) is 0.741. The molecule has 116 valence electrons. The zero-order chi connectivity index (χ0) is 16.4. The molecule has 1 aliphatic rings. The van der Waals surface area contributed by atoms with Crippen LogP contribution in [0.2, 0.25) is 0 Å². The molecule has 1 aliphatic heterocycles. The maximum absolute atomic E-state index is 11.4. The fourth-order valence-corrected chi connectivity index (χ4v) is 2.13. The van der Waals surface area contributed by atoms with Gasteiger partial charge in [-0.15, -0.1) is 0 Å². The topological polar surface area (TPSA) is 77.8 Å². The monoisotopic (exact) mass is 303 g/mol. The molecule has 1 N–H and O–H groups in total. The average Bonchev–Trinajstić information content (AvgIpc) is 2.67. The van der Waals surface area contributed by atoms with Crippen molar-refractivity contribution >= 4 is 26.1 Å². The number of rotatable bonds is 6. The van der Waals surface area contributed by atoms with Gasteiger partial charge >= 0.3 is 130 Å². The van der Waals surface area contributed by atoms with E-state index in [1.54, 1.807) is 18.2 Å². The van der Waals surface area contributed by atoms with Gasteiger partial charge in [-0.05, 0) is 0 Å². The Bertz CT molecular complexity index is 560. The van der Waals surface area contributed by atoms with E-state index in [2.05, 4.69) is 0 Å². The molecular formula is C14H19B2NO5. The van der Waals surface area contributed by atoms with Crippen LogP contribution in [0.5, 0.6) is 5.75 Å². The number of nitrogens with one attached hydrogen (secondary N) is 1. The number of hydrogen-bond donors (Lipinski definition) is 1. The molecule has 0 atom stereocenters. The van der Waals surface area contributed by atoms with Crippen molar-refractivity contribution in [3.63, 3.8) is 0 Å². The van der Waals surface area contributed by atoms with E-state index in [0.29, 0.717) is 16.8 Å². The Hall–Kier alpha value is -1.66. The second-order valence-electron chi connectivity index (χ2n) is 6.01. The number of carbonyl (C=O) groups is 1. The number of ether oxygens (including phenoxy) is 1. The zero-order valence-electron chi connectivity index (χ0n) is 13.2. The van der Waals surface area contributed by atoms with Crippen molar-refractivity contribution in [1.82, 2.24) is 0 Å². The minimum absolute atomic E-state index is 0.127. The molecule has 8 heteroatoms. The van der Waals surface area contributed by atoms with Crippen LogP contribution in [0.25, 0.3) is 0 Å². The van der Waals surface area contributed by atoms with Crippen LogP contribution in [-0.4, -0.2) is 38.7 Å². The second-order valence-corrected chi connectivity index (χ2v) is 6.01. The third-order valence-electron chi connectivity index (χ3n) is 4.08. The summed E-state index contributed by atoms with van der Waals surface area (Å²) in [7, 11) is 0.0827. The Morgan fingerprint density at radius 2 is 1.91 bits per heavy atom. The molecule has 1 fully saturated rings. The van der Waals surface area contributed by atoms with Gasteiger partial charge in [0.2, 0.25) is 0 Å². The number of benzene rings is 1. The molecular weight excluding hydrogens is 284 g/mol. The Morgan fingerprint density at radius 1 is 1.27 bits per heavy atom. The van der Waals surface area contributed by atoms with E-state index in [1.807, 2.05) is 27.7 Å². The molecule has 0 bridgehead atoms. The van der Waals surface area contributed by atoms with Gasteiger partial charge in [0, 0.05) is 0 Å². The zero-order valence-corrected chi connectivity index (χ0v) is 13.2. The van der Waals surface area contributed by atoms with Crippen molar-refractivity contribution in [3.05, 3.63) is 23.8 Å². The van der Waals surface area contributed by atoms with Crippen molar-refractivity contribution < 1.29 is 23.5 Å². The molecule has 1 saturated heterocycles. The van der Waals surface area contributed by atoms with Crippen LogP contribution in [-0.2, 0) is 14.0 Å². The summed E-state index contributed by atoms with van der Waals surface area (Å²) < 4.78 is 22.2. The van der Waals surface area contributed by atoms with Crippen LogP contribution in [0, 0.1) is 5.31 Å². The first kappa shape index (κ1) is 16.7. The summed E-state index contributed by atoms with van der Waals surface area (Å²) >= 11 is 0. The number of hydrogen-bond acceptors (Lipinski definition) is 6. The number of carbonyl (C=O) groups excluding carboxylic acids is 1. The van der Waals surface area contributed by atoms with Crippen molar-refractivity contribution in [3.8, 4) is 5.75 Å². The van der Waals surface area contributed by atoms with Gasteiger partial charge in [0.1, 0.15) is 0 Å². The molecule has 1 aromatic carbocycles. The fourth-order valence-electron chi connectivity index (χ4n) is 2.13. The van der Waals surface area contributed by atoms with E-state index in [0.717, 1.165) is 13.6 Å². The Kier molecular flexibility index (Phi) is 4.72. The van der Waals surface area contributed by atoms with E-state index >= 15 is 0 Å². The molecule has 0 aliphatic carbocycles. The molecule has 22 heavy (non-hydrogen) atoms. The van der Waals surface area contributed by atoms with Crippen LogP contribution in [0.15, 0.2) is 18.2 Å². The maximum atomic E-state index is 11.4. The molecule has 0 saturated carbocycles. The van der Waals surface area contributed by atoms with Gasteiger partial charge in [-0.25, -0.2) is 0 Å². The van der Waals surface area contributed by atoms with Crippen LogP contribution < -0.4 is 10.2 Å². The predicted octanol–water partition coefficient (Wildman–Crippen LogP) is 1.53. The SMILES string of the molecule is CC1(C)OB(c2c(C=O)cccc2OCOB=N)OC1(C)C. The molecule has 2 rings (SSSR count). The van der Waals surface area contributed by atoms with Crippen LogP contribution in [0.4, 0.5) is 0 Å². The molecule has 1 heterocycles. The van der Waals surface area contributed by atoms with Crippen molar-refractivity contribution in [2.45, 2.75) is 38.9 Å². The van der Waals surface area contributed by atoms with Crippen LogP contribution >= 0.6 is 0 Å². The normalized spacial score (nSPS) is 18.6. The van der Waals surface area contributed by atoms with Crippen LogP contribution in [0.3, 0.4) is 0 Å². The molecule has 0 amide bonds. The van der Waals surface area contributed by atoms with Crippen molar-refractivity contribution in [2.75, 3.05) is 6.79 Å². The summed E-state index contributed by atoms with van der Waals surface area (Å²) in [5, 5.41) is 6.84. The fraction of sp³-hybridized carbons (Fsp3) is 0.500. The Balaban J connectivity index is 2.36. The van der Waals surface area contributed by atoms with Crippen LogP contribution in [0.1, 0.15) is 38.1 Å². The van der Waals surface area contributed by atoms with Gasteiger partial charge in [-0.3, -0.25) is 0 Å². The molecule has 1 aromatic rings. The van der Waals surface area contributed by atoms with E-state index in [1.165, 1.54) is 0 Å². The van der Waals surface area contributed by atoms with Gasteiger partial charge in [0.15, 0.2) is 0 Å². The molecule has 0 unspecified atom stereocenters. The van der Waals surface area contributed by atoms with Gasteiger partial charge in [-0.1, -0.05) is 0 Å². The first-order chi connectivity index (χ1) is 10.3. The summed E-state index contributed by atoms with van der Waals surface area (Å²) in [6.45, 7) is 7.63. The van der Waals surface area contributed by atoms with Gasteiger partial charge in [0.25, 0.3) is 0 Å². The third kappa shape index (κ3) is 3.08. The van der Waals surface area contributed by atoms with Gasteiger partial charge in [0.05, 0.1) is 0 Å². The predicted molar refractivity (Wildman–Crippen MR) is 82.6 cm³/mol. The molecule has 6 nitrogen and oxygen atoms in total.